The van der Waals surface area contributed by atoms with Crippen LogP contribution in [0.15, 0.2) is 42.5 Å². The maximum atomic E-state index is 12.7. The molecule has 4 atom stereocenters. The molecule has 1 heterocycles. The first kappa shape index (κ1) is 14.0. The van der Waals surface area contributed by atoms with E-state index in [-0.39, 0.29) is 53.2 Å². The minimum absolute atomic E-state index is 0.155. The molecule has 3 aliphatic carbocycles. The molecule has 2 bridgehead atoms. The molecule has 4 aliphatic rings. The molecular formula is C19H18N2O3. The number of allylic oxidation sites excluding steroid dienone is 2. The number of nitrogens with one attached hydrogen (secondary N) is 1. The van der Waals surface area contributed by atoms with E-state index in [0.717, 1.165) is 23.4 Å². The van der Waals surface area contributed by atoms with Crippen LogP contribution in [0.4, 0.5) is 0 Å². The molecule has 5 rings (SSSR count). The molecule has 24 heavy (non-hydrogen) atoms. The third kappa shape index (κ3) is 1.67. The average molecular weight is 322 g/mol. The smallest absolute Gasteiger partial charge is 0.252 e. The van der Waals surface area contributed by atoms with Gasteiger partial charge in [0, 0.05) is 0 Å². The zero-order valence-electron chi connectivity index (χ0n) is 13.1. The summed E-state index contributed by atoms with van der Waals surface area (Å²) in [5, 5.41) is 0.989. The molecule has 0 aromatic heterocycles. The Morgan fingerprint density at radius 3 is 2.17 bits per heavy atom. The predicted molar refractivity (Wildman–Crippen MR) is 84.9 cm³/mol. The number of nitrogens with zero attached hydrogens (tertiary/aromatic N) is 1. The topological polar surface area (TPSA) is 66.5 Å². The van der Waals surface area contributed by atoms with Crippen molar-refractivity contribution in [3.8, 4) is 0 Å². The number of rotatable bonds is 3. The van der Waals surface area contributed by atoms with E-state index in [1.807, 2.05) is 30.3 Å². The highest BCUT2D eigenvalue weighted by Crippen LogP contribution is 2.73. The molecule has 1 saturated heterocycles. The van der Waals surface area contributed by atoms with Crippen LogP contribution in [-0.2, 0) is 20.8 Å². The van der Waals surface area contributed by atoms with E-state index in [0.29, 0.717) is 0 Å². The molecule has 122 valence electrons. The van der Waals surface area contributed by atoms with E-state index in [2.05, 4.69) is 17.6 Å². The van der Waals surface area contributed by atoms with Gasteiger partial charge < -0.3 is 0 Å². The first-order valence-corrected chi connectivity index (χ1v) is 8.51. The van der Waals surface area contributed by atoms with E-state index < -0.39 is 0 Å². The van der Waals surface area contributed by atoms with Crippen LogP contribution < -0.4 is 5.43 Å². The molecule has 1 aromatic carbocycles. The lowest BCUT2D eigenvalue weighted by atomic mass is 9.85. The predicted octanol–water partition coefficient (Wildman–Crippen LogP) is 1.46. The van der Waals surface area contributed by atoms with Gasteiger partial charge in [0.05, 0.1) is 18.3 Å². The fourth-order valence-electron chi connectivity index (χ4n) is 5.13. The molecule has 2 saturated carbocycles. The number of carbonyl (C=O) groups is 3. The Hall–Kier alpha value is -2.43. The van der Waals surface area contributed by atoms with Gasteiger partial charge in [-0.1, -0.05) is 42.5 Å². The summed E-state index contributed by atoms with van der Waals surface area (Å²) in [4.78, 5) is 37.7. The highest BCUT2D eigenvalue weighted by molar-refractivity contribution is 6.07. The van der Waals surface area contributed by atoms with E-state index in [4.69, 9.17) is 0 Å². The van der Waals surface area contributed by atoms with Crippen LogP contribution in [0, 0.1) is 29.1 Å². The van der Waals surface area contributed by atoms with Crippen molar-refractivity contribution in [2.24, 2.45) is 29.1 Å². The summed E-state index contributed by atoms with van der Waals surface area (Å²) in [6.07, 6.45) is 6.63. The first-order chi connectivity index (χ1) is 11.6. The number of hydrazine groups is 1. The number of amides is 3. The van der Waals surface area contributed by atoms with Crippen LogP contribution in [0.25, 0.3) is 0 Å². The lowest BCUT2D eigenvalue weighted by Gasteiger charge is -2.22. The minimum atomic E-state index is -0.329. The van der Waals surface area contributed by atoms with E-state index in [9.17, 15) is 14.4 Å². The first-order valence-electron chi connectivity index (χ1n) is 8.51. The quantitative estimate of drug-likeness (QED) is 0.677. The second-order valence-corrected chi connectivity index (χ2v) is 7.43. The summed E-state index contributed by atoms with van der Waals surface area (Å²) in [6, 6.07) is 9.30. The molecule has 1 aromatic rings. The molecule has 1 N–H and O–H groups in total. The Balaban J connectivity index is 1.33. The maximum Gasteiger partial charge on any atom is 0.252 e. The van der Waals surface area contributed by atoms with Crippen molar-refractivity contribution >= 4 is 17.7 Å². The lowest BCUT2D eigenvalue weighted by Crippen LogP contribution is -2.48. The summed E-state index contributed by atoms with van der Waals surface area (Å²) in [6.45, 7) is 0. The Labute approximate surface area is 139 Å². The van der Waals surface area contributed by atoms with E-state index in [1.54, 1.807) is 0 Å². The number of hydrogen-bond donors (Lipinski definition) is 1. The van der Waals surface area contributed by atoms with Gasteiger partial charge in [0.25, 0.3) is 11.8 Å². The van der Waals surface area contributed by atoms with Crippen molar-refractivity contribution in [2.75, 3.05) is 0 Å². The van der Waals surface area contributed by atoms with Crippen molar-refractivity contribution in [2.45, 2.75) is 19.3 Å². The van der Waals surface area contributed by atoms with Crippen molar-refractivity contribution in [1.82, 2.24) is 10.4 Å². The van der Waals surface area contributed by atoms with Crippen molar-refractivity contribution in [3.05, 3.63) is 48.0 Å². The molecular weight excluding hydrogens is 304 g/mol. The molecule has 1 spiro atoms. The fourth-order valence-corrected chi connectivity index (χ4v) is 5.13. The monoisotopic (exact) mass is 322 g/mol. The van der Waals surface area contributed by atoms with Gasteiger partial charge in [-0.2, -0.15) is 5.01 Å². The number of benzene rings is 1. The minimum Gasteiger partial charge on any atom is -0.273 e. The van der Waals surface area contributed by atoms with Gasteiger partial charge in [0.15, 0.2) is 0 Å². The summed E-state index contributed by atoms with van der Waals surface area (Å²) in [7, 11) is 0. The van der Waals surface area contributed by atoms with Gasteiger partial charge in [-0.25, -0.2) is 0 Å². The second-order valence-electron chi connectivity index (χ2n) is 7.43. The summed E-state index contributed by atoms with van der Waals surface area (Å²) >= 11 is 0. The lowest BCUT2D eigenvalue weighted by molar-refractivity contribution is -0.150. The van der Waals surface area contributed by atoms with Crippen molar-refractivity contribution in [3.63, 3.8) is 0 Å². The van der Waals surface area contributed by atoms with Crippen LogP contribution in [0.5, 0.6) is 0 Å². The largest absolute Gasteiger partial charge is 0.273 e. The number of fused-ring (bicyclic) bond motifs is 3. The molecule has 3 fully saturated rings. The van der Waals surface area contributed by atoms with E-state index in [1.165, 1.54) is 0 Å². The molecule has 5 heteroatoms. The van der Waals surface area contributed by atoms with Crippen LogP contribution in [0.1, 0.15) is 18.4 Å². The van der Waals surface area contributed by atoms with Crippen LogP contribution in [-0.4, -0.2) is 22.7 Å². The molecule has 5 nitrogen and oxygen atoms in total. The zero-order valence-corrected chi connectivity index (χ0v) is 13.1. The number of imide groups is 1. The Morgan fingerprint density at radius 2 is 1.62 bits per heavy atom. The molecule has 0 radical (unpaired) electrons. The standard InChI is InChI=1S/C19H18N2O3/c22-14(10-11-4-2-1-3-5-11)20-21-17(23)15-12-6-7-13(16(15)18(21)24)19(12)8-9-19/h1-7,12-13,15-16H,8-10H2,(H,20,22)/t12-,13+,15-,16-/m1/s1. The highest BCUT2D eigenvalue weighted by atomic mass is 16.2. The molecule has 0 unspecified atom stereocenters. The van der Waals surface area contributed by atoms with Crippen molar-refractivity contribution in [1.29, 1.82) is 0 Å². The van der Waals surface area contributed by atoms with Gasteiger partial charge in [-0.3, -0.25) is 19.8 Å². The van der Waals surface area contributed by atoms with Gasteiger partial charge in [0.1, 0.15) is 0 Å². The number of carbonyl (C=O) groups excluding carboxylic acids is 3. The average Bonchev–Trinajstić information content (AvgIpc) is 3.19. The highest BCUT2D eigenvalue weighted by Gasteiger charge is 2.73. The Morgan fingerprint density at radius 1 is 1.04 bits per heavy atom. The van der Waals surface area contributed by atoms with Crippen LogP contribution >= 0.6 is 0 Å². The summed E-state index contributed by atoms with van der Waals surface area (Å²) < 4.78 is 0. The zero-order chi connectivity index (χ0) is 16.5. The maximum absolute atomic E-state index is 12.7. The van der Waals surface area contributed by atoms with Gasteiger partial charge >= 0.3 is 0 Å². The Kier molecular flexibility index (Phi) is 2.65. The Bertz CT molecular complexity index is 747. The third-order valence-electron chi connectivity index (χ3n) is 6.30. The normalized spacial score (nSPS) is 34.1. The van der Waals surface area contributed by atoms with E-state index >= 15 is 0 Å². The van der Waals surface area contributed by atoms with Gasteiger partial charge in [0.2, 0.25) is 5.91 Å². The van der Waals surface area contributed by atoms with Crippen molar-refractivity contribution < 1.29 is 14.4 Å². The second kappa shape index (κ2) is 4.56. The van der Waals surface area contributed by atoms with Gasteiger partial charge in [-0.05, 0) is 35.7 Å². The summed E-state index contributed by atoms with van der Waals surface area (Å²) in [5.74, 6) is -0.965. The summed E-state index contributed by atoms with van der Waals surface area (Å²) in [5.41, 5.74) is 3.58. The third-order valence-corrected chi connectivity index (χ3v) is 6.30. The fraction of sp³-hybridized carbons (Fsp3) is 0.421. The van der Waals surface area contributed by atoms with Crippen LogP contribution in [0.3, 0.4) is 0 Å². The van der Waals surface area contributed by atoms with Gasteiger partial charge in [-0.15, -0.1) is 0 Å². The number of hydrogen-bond acceptors (Lipinski definition) is 3. The molecule has 3 amide bonds. The SMILES string of the molecule is O=C(Cc1ccccc1)NN1C(=O)[C@H]2[C@H](C1=O)[C@@H]1C=C[C@H]2C12CC2. The molecule has 1 aliphatic heterocycles. The van der Waals surface area contributed by atoms with Crippen LogP contribution in [0.2, 0.25) is 0 Å².